The number of hydrogen-bond donors (Lipinski definition) is 3. The fraction of sp³-hybridized carbons (Fsp3) is 0.318. The van der Waals surface area contributed by atoms with Crippen LogP contribution in [0, 0.1) is 11.3 Å². The lowest BCUT2D eigenvalue weighted by Gasteiger charge is -2.30. The van der Waals surface area contributed by atoms with Crippen molar-refractivity contribution >= 4 is 22.5 Å². The normalized spacial score (nSPS) is 19.0. The Balaban J connectivity index is 1.36. The lowest BCUT2D eigenvalue weighted by Crippen LogP contribution is -2.40. The van der Waals surface area contributed by atoms with Gasteiger partial charge in [-0.1, -0.05) is 6.07 Å². The maximum absolute atomic E-state index is 13.2. The molecule has 3 N–H and O–H groups in total. The number of aromatic nitrogens is 2. The van der Waals surface area contributed by atoms with Gasteiger partial charge >= 0.3 is 6.18 Å². The molecular weight excluding hydrogens is 407 g/mol. The number of nitrogens with one attached hydrogen (secondary N) is 3. The van der Waals surface area contributed by atoms with Crippen LogP contribution in [0.5, 0.6) is 0 Å². The van der Waals surface area contributed by atoms with Crippen LogP contribution in [0.1, 0.15) is 47.2 Å². The van der Waals surface area contributed by atoms with Crippen LogP contribution in [0.15, 0.2) is 42.6 Å². The first-order chi connectivity index (χ1) is 14.8. The van der Waals surface area contributed by atoms with Gasteiger partial charge in [0.2, 0.25) is 0 Å². The highest BCUT2D eigenvalue weighted by Gasteiger charge is 2.34. The standard InChI is InChI=1S/C22H20F3N5O/c23-22(24,25)19-10-16(5-4-13(19)11-26)28-14-6-8-15(9-7-14)29-21(31)17-2-1-3-20-18(17)12-27-30-20/h1-5,10,12,14-15,28H,6-9H2,(H,27,30)(H,29,31). The first kappa shape index (κ1) is 20.7. The van der Waals surface area contributed by atoms with Crippen LogP contribution < -0.4 is 10.6 Å². The Hall–Kier alpha value is -3.54. The molecule has 0 saturated heterocycles. The minimum Gasteiger partial charge on any atom is -0.382 e. The molecule has 4 rings (SSSR count). The molecule has 0 atom stereocenters. The molecule has 0 unspecified atom stereocenters. The van der Waals surface area contributed by atoms with E-state index in [0.717, 1.165) is 17.0 Å². The number of alkyl halides is 3. The summed E-state index contributed by atoms with van der Waals surface area (Å²) in [4.78, 5) is 12.7. The van der Waals surface area contributed by atoms with Crippen LogP contribution in [-0.4, -0.2) is 28.2 Å². The van der Waals surface area contributed by atoms with Gasteiger partial charge in [0.1, 0.15) is 0 Å². The third-order valence-electron chi connectivity index (χ3n) is 5.61. The van der Waals surface area contributed by atoms with E-state index in [1.54, 1.807) is 24.4 Å². The largest absolute Gasteiger partial charge is 0.417 e. The van der Waals surface area contributed by atoms with Gasteiger partial charge in [-0.2, -0.15) is 23.5 Å². The summed E-state index contributed by atoms with van der Waals surface area (Å²) in [6.07, 6.45) is -0.106. The molecule has 1 aromatic heterocycles. The summed E-state index contributed by atoms with van der Waals surface area (Å²) in [6, 6.07) is 10.6. The predicted molar refractivity (Wildman–Crippen MR) is 109 cm³/mol. The van der Waals surface area contributed by atoms with Crippen LogP contribution in [0.4, 0.5) is 18.9 Å². The fourth-order valence-corrected chi connectivity index (χ4v) is 4.01. The molecule has 0 bridgehead atoms. The molecule has 9 heteroatoms. The van der Waals surface area contributed by atoms with Crippen molar-refractivity contribution < 1.29 is 18.0 Å². The second-order valence-electron chi connectivity index (χ2n) is 7.67. The number of nitriles is 1. The minimum absolute atomic E-state index is 0.000484. The number of anilines is 1. The number of aromatic amines is 1. The van der Waals surface area contributed by atoms with Gasteiger partial charge in [-0.15, -0.1) is 0 Å². The molecule has 0 radical (unpaired) electrons. The van der Waals surface area contributed by atoms with Crippen molar-refractivity contribution in [2.45, 2.75) is 43.9 Å². The quantitative estimate of drug-likeness (QED) is 0.567. The molecule has 1 aliphatic carbocycles. The van der Waals surface area contributed by atoms with E-state index in [1.807, 2.05) is 6.07 Å². The molecule has 0 aliphatic heterocycles. The summed E-state index contributed by atoms with van der Waals surface area (Å²) in [5.74, 6) is -0.162. The van der Waals surface area contributed by atoms with Gasteiger partial charge in [0.15, 0.2) is 0 Å². The third kappa shape index (κ3) is 4.48. The average molecular weight is 427 g/mol. The van der Waals surface area contributed by atoms with Gasteiger partial charge in [0, 0.05) is 23.2 Å². The molecule has 0 spiro atoms. The van der Waals surface area contributed by atoms with Crippen molar-refractivity contribution in [2.75, 3.05) is 5.32 Å². The van der Waals surface area contributed by atoms with Gasteiger partial charge in [0.25, 0.3) is 5.91 Å². The summed E-state index contributed by atoms with van der Waals surface area (Å²) in [7, 11) is 0. The topological polar surface area (TPSA) is 93.6 Å². The maximum atomic E-state index is 13.2. The Morgan fingerprint density at radius 1 is 1.13 bits per heavy atom. The molecule has 31 heavy (non-hydrogen) atoms. The smallest absolute Gasteiger partial charge is 0.382 e. The number of carbonyl (C=O) groups excluding carboxylic acids is 1. The van der Waals surface area contributed by atoms with Gasteiger partial charge in [-0.3, -0.25) is 9.89 Å². The zero-order valence-electron chi connectivity index (χ0n) is 16.5. The maximum Gasteiger partial charge on any atom is 0.417 e. The van der Waals surface area contributed by atoms with E-state index < -0.39 is 17.3 Å². The van der Waals surface area contributed by atoms with Gasteiger partial charge in [-0.05, 0) is 56.0 Å². The van der Waals surface area contributed by atoms with Crippen molar-refractivity contribution in [3.05, 3.63) is 59.3 Å². The van der Waals surface area contributed by atoms with Crippen LogP contribution in [0.3, 0.4) is 0 Å². The van der Waals surface area contributed by atoms with Crippen LogP contribution in [-0.2, 0) is 6.18 Å². The lowest BCUT2D eigenvalue weighted by atomic mass is 9.90. The van der Waals surface area contributed by atoms with E-state index in [-0.39, 0.29) is 18.0 Å². The van der Waals surface area contributed by atoms with Crippen molar-refractivity contribution in [1.29, 1.82) is 5.26 Å². The zero-order valence-corrected chi connectivity index (χ0v) is 16.5. The highest BCUT2D eigenvalue weighted by molar-refractivity contribution is 6.06. The van der Waals surface area contributed by atoms with E-state index >= 15 is 0 Å². The highest BCUT2D eigenvalue weighted by Crippen LogP contribution is 2.34. The van der Waals surface area contributed by atoms with Gasteiger partial charge in [-0.25, -0.2) is 0 Å². The lowest BCUT2D eigenvalue weighted by molar-refractivity contribution is -0.137. The number of rotatable bonds is 4. The Labute approximate surface area is 176 Å². The number of hydrogen-bond acceptors (Lipinski definition) is 4. The second kappa shape index (κ2) is 8.30. The summed E-state index contributed by atoms with van der Waals surface area (Å²) < 4.78 is 39.5. The van der Waals surface area contributed by atoms with Crippen LogP contribution >= 0.6 is 0 Å². The van der Waals surface area contributed by atoms with Crippen molar-refractivity contribution in [2.24, 2.45) is 0 Å². The minimum atomic E-state index is -4.58. The molecule has 1 aliphatic rings. The molecule has 1 amide bonds. The Bertz CT molecular complexity index is 1140. The molecule has 160 valence electrons. The molecule has 1 fully saturated rings. The second-order valence-corrected chi connectivity index (χ2v) is 7.67. The predicted octanol–water partition coefficient (Wildman–Crippen LogP) is 4.61. The average Bonchev–Trinajstić information content (AvgIpc) is 3.23. The van der Waals surface area contributed by atoms with Crippen molar-refractivity contribution in [1.82, 2.24) is 15.5 Å². The Morgan fingerprint density at radius 2 is 1.87 bits per heavy atom. The number of fused-ring (bicyclic) bond motifs is 1. The monoisotopic (exact) mass is 427 g/mol. The van der Waals surface area contributed by atoms with Crippen molar-refractivity contribution in [3.63, 3.8) is 0 Å². The summed E-state index contributed by atoms with van der Waals surface area (Å²) in [5, 5.41) is 22.7. The first-order valence-electron chi connectivity index (χ1n) is 9.96. The molecule has 1 saturated carbocycles. The number of nitrogens with zero attached hydrogens (tertiary/aromatic N) is 2. The summed E-state index contributed by atoms with van der Waals surface area (Å²) >= 11 is 0. The first-order valence-corrected chi connectivity index (χ1v) is 9.96. The van der Waals surface area contributed by atoms with Crippen molar-refractivity contribution in [3.8, 4) is 6.07 Å². The number of H-pyrrole nitrogens is 1. The molecule has 3 aromatic rings. The zero-order chi connectivity index (χ0) is 22.0. The molecule has 6 nitrogen and oxygen atoms in total. The Morgan fingerprint density at radius 3 is 2.58 bits per heavy atom. The van der Waals surface area contributed by atoms with E-state index in [4.69, 9.17) is 5.26 Å². The van der Waals surface area contributed by atoms with E-state index in [2.05, 4.69) is 20.8 Å². The van der Waals surface area contributed by atoms with E-state index in [9.17, 15) is 18.0 Å². The molecule has 1 heterocycles. The molecule has 2 aromatic carbocycles. The van der Waals surface area contributed by atoms with E-state index in [1.165, 1.54) is 12.1 Å². The van der Waals surface area contributed by atoms with E-state index in [0.29, 0.717) is 36.9 Å². The number of carbonyl (C=O) groups is 1. The van der Waals surface area contributed by atoms with Gasteiger partial charge in [0.05, 0.1) is 34.5 Å². The van der Waals surface area contributed by atoms with Gasteiger partial charge < -0.3 is 10.6 Å². The summed E-state index contributed by atoms with van der Waals surface area (Å²) in [5.41, 5.74) is 0.363. The number of benzene rings is 2. The molecular formula is C22H20F3N5O. The SMILES string of the molecule is N#Cc1ccc(NC2CCC(NC(=O)c3cccc4[nH]ncc34)CC2)cc1C(F)(F)F. The summed E-state index contributed by atoms with van der Waals surface area (Å²) in [6.45, 7) is 0. The third-order valence-corrected chi connectivity index (χ3v) is 5.61. The van der Waals surface area contributed by atoms with Crippen LogP contribution in [0.2, 0.25) is 0 Å². The van der Waals surface area contributed by atoms with Crippen LogP contribution in [0.25, 0.3) is 10.9 Å². The number of amides is 1. The highest BCUT2D eigenvalue weighted by atomic mass is 19.4. The fourth-order valence-electron chi connectivity index (χ4n) is 4.01. The Kier molecular flexibility index (Phi) is 5.55. The number of halogens is 3.